The van der Waals surface area contributed by atoms with Gasteiger partial charge >= 0.3 is 0 Å². The van der Waals surface area contributed by atoms with Crippen LogP contribution in [-0.4, -0.2) is 9.38 Å². The molecule has 0 amide bonds. The first-order valence-corrected chi connectivity index (χ1v) is 4.11. The Kier molecular flexibility index (Phi) is 3.31. The van der Waals surface area contributed by atoms with Gasteiger partial charge < -0.3 is 5.73 Å². The molecule has 0 aliphatic heterocycles. The lowest BCUT2D eigenvalue weighted by atomic mass is 10.4. The minimum absolute atomic E-state index is 0. The minimum atomic E-state index is -0.389. The Labute approximate surface area is 91.1 Å². The van der Waals surface area contributed by atoms with Crippen molar-refractivity contribution in [1.82, 2.24) is 9.38 Å². The SMILES string of the molecule is Cl.NCc1ncc2c(F)cc(Cl)cn12. The number of nitrogens with zero attached hydrogens (tertiary/aromatic N) is 2. The predicted octanol–water partition coefficient (Wildman–Crippen LogP) is 2.01. The second-order valence-electron chi connectivity index (χ2n) is 2.64. The maximum atomic E-state index is 13.2. The molecule has 76 valence electrons. The van der Waals surface area contributed by atoms with E-state index in [1.54, 1.807) is 10.6 Å². The first-order chi connectivity index (χ1) is 6.22. The fourth-order valence-corrected chi connectivity index (χ4v) is 1.42. The van der Waals surface area contributed by atoms with Gasteiger partial charge in [0.2, 0.25) is 0 Å². The highest BCUT2D eigenvalue weighted by Crippen LogP contribution is 2.17. The molecule has 0 bridgehead atoms. The molecule has 14 heavy (non-hydrogen) atoms. The molecule has 3 nitrogen and oxygen atoms in total. The fourth-order valence-electron chi connectivity index (χ4n) is 1.23. The normalized spacial score (nSPS) is 10.2. The van der Waals surface area contributed by atoms with Gasteiger partial charge in [-0.2, -0.15) is 0 Å². The number of halogens is 3. The number of pyridine rings is 1. The molecule has 0 radical (unpaired) electrons. The Morgan fingerprint density at radius 2 is 2.29 bits per heavy atom. The molecule has 2 rings (SSSR count). The van der Waals surface area contributed by atoms with Gasteiger partial charge in [-0.25, -0.2) is 9.37 Å². The number of hydrogen-bond donors (Lipinski definition) is 1. The molecular weight excluding hydrogens is 228 g/mol. The van der Waals surface area contributed by atoms with Crippen LogP contribution in [0.3, 0.4) is 0 Å². The fraction of sp³-hybridized carbons (Fsp3) is 0.125. The number of hydrogen-bond acceptors (Lipinski definition) is 2. The lowest BCUT2D eigenvalue weighted by Gasteiger charge is -1.99. The summed E-state index contributed by atoms with van der Waals surface area (Å²) in [6, 6.07) is 1.25. The number of imidazole rings is 1. The van der Waals surface area contributed by atoms with Crippen LogP contribution in [0.4, 0.5) is 4.39 Å². The van der Waals surface area contributed by atoms with Crippen molar-refractivity contribution in [2.24, 2.45) is 5.73 Å². The maximum absolute atomic E-state index is 13.2. The molecule has 0 aliphatic carbocycles. The summed E-state index contributed by atoms with van der Waals surface area (Å²) in [5.41, 5.74) is 5.81. The van der Waals surface area contributed by atoms with E-state index in [4.69, 9.17) is 17.3 Å². The number of aromatic nitrogens is 2. The monoisotopic (exact) mass is 235 g/mol. The van der Waals surface area contributed by atoms with E-state index >= 15 is 0 Å². The Hall–Kier alpha value is -0.840. The lowest BCUT2D eigenvalue weighted by molar-refractivity contribution is 0.632. The largest absolute Gasteiger partial charge is 0.324 e. The Morgan fingerprint density at radius 1 is 1.57 bits per heavy atom. The van der Waals surface area contributed by atoms with Crippen molar-refractivity contribution < 1.29 is 4.39 Å². The quantitative estimate of drug-likeness (QED) is 0.822. The summed E-state index contributed by atoms with van der Waals surface area (Å²) in [6.45, 7) is 0.258. The maximum Gasteiger partial charge on any atom is 0.150 e. The van der Waals surface area contributed by atoms with E-state index < -0.39 is 0 Å². The Bertz CT molecular complexity index is 455. The zero-order valence-electron chi connectivity index (χ0n) is 7.08. The van der Waals surface area contributed by atoms with Gasteiger partial charge in [0, 0.05) is 6.20 Å². The molecule has 2 heterocycles. The van der Waals surface area contributed by atoms with Crippen LogP contribution >= 0.6 is 24.0 Å². The smallest absolute Gasteiger partial charge is 0.150 e. The molecule has 6 heteroatoms. The van der Waals surface area contributed by atoms with E-state index in [2.05, 4.69) is 4.98 Å². The van der Waals surface area contributed by atoms with Crippen LogP contribution in [-0.2, 0) is 6.54 Å². The predicted molar refractivity (Wildman–Crippen MR) is 55.3 cm³/mol. The first kappa shape index (κ1) is 11.2. The van der Waals surface area contributed by atoms with E-state index in [-0.39, 0.29) is 24.8 Å². The second kappa shape index (κ2) is 4.13. The van der Waals surface area contributed by atoms with Crippen LogP contribution in [0.25, 0.3) is 5.52 Å². The van der Waals surface area contributed by atoms with Gasteiger partial charge in [-0.1, -0.05) is 11.6 Å². The molecule has 0 aromatic carbocycles. The third-order valence-corrected chi connectivity index (χ3v) is 2.02. The van der Waals surface area contributed by atoms with Crippen molar-refractivity contribution in [3.63, 3.8) is 0 Å². The molecule has 2 aromatic heterocycles. The summed E-state index contributed by atoms with van der Waals surface area (Å²) in [7, 11) is 0. The zero-order valence-corrected chi connectivity index (χ0v) is 8.65. The summed E-state index contributed by atoms with van der Waals surface area (Å²) in [5, 5.41) is 0.331. The molecule has 0 saturated heterocycles. The van der Waals surface area contributed by atoms with Crippen LogP contribution in [0, 0.1) is 5.82 Å². The van der Waals surface area contributed by atoms with E-state index in [0.717, 1.165) is 0 Å². The second-order valence-corrected chi connectivity index (χ2v) is 3.08. The lowest BCUT2D eigenvalue weighted by Crippen LogP contribution is -2.02. The average molecular weight is 236 g/mol. The van der Waals surface area contributed by atoms with Crippen LogP contribution in [0.2, 0.25) is 5.02 Å². The van der Waals surface area contributed by atoms with Gasteiger partial charge in [-0.3, -0.25) is 4.40 Å². The summed E-state index contributed by atoms with van der Waals surface area (Å²) in [5.74, 6) is 0.205. The van der Waals surface area contributed by atoms with Gasteiger partial charge in [0.25, 0.3) is 0 Å². The minimum Gasteiger partial charge on any atom is -0.324 e. The van der Waals surface area contributed by atoms with Crippen LogP contribution in [0.5, 0.6) is 0 Å². The zero-order chi connectivity index (χ0) is 9.42. The van der Waals surface area contributed by atoms with Gasteiger partial charge in [-0.05, 0) is 6.07 Å². The van der Waals surface area contributed by atoms with Crippen LogP contribution in [0.1, 0.15) is 5.82 Å². The third kappa shape index (κ3) is 1.68. The number of fused-ring (bicyclic) bond motifs is 1. The van der Waals surface area contributed by atoms with Gasteiger partial charge in [0.1, 0.15) is 17.2 Å². The molecule has 0 atom stereocenters. The van der Waals surface area contributed by atoms with E-state index in [9.17, 15) is 4.39 Å². The van der Waals surface area contributed by atoms with Crippen molar-refractivity contribution in [3.8, 4) is 0 Å². The van der Waals surface area contributed by atoms with Crippen molar-refractivity contribution >= 4 is 29.5 Å². The molecule has 0 unspecified atom stereocenters. The topological polar surface area (TPSA) is 43.3 Å². The van der Waals surface area contributed by atoms with Crippen molar-refractivity contribution in [2.45, 2.75) is 6.54 Å². The number of rotatable bonds is 1. The Balaban J connectivity index is 0.000000980. The first-order valence-electron chi connectivity index (χ1n) is 3.73. The summed E-state index contributed by atoms with van der Waals surface area (Å²) in [6.07, 6.45) is 3.03. The van der Waals surface area contributed by atoms with Crippen LogP contribution in [0.15, 0.2) is 18.5 Å². The van der Waals surface area contributed by atoms with E-state index in [1.807, 2.05) is 0 Å². The highest BCUT2D eigenvalue weighted by molar-refractivity contribution is 6.30. The van der Waals surface area contributed by atoms with Crippen molar-refractivity contribution in [1.29, 1.82) is 0 Å². The van der Waals surface area contributed by atoms with Crippen molar-refractivity contribution in [3.05, 3.63) is 35.1 Å². The molecule has 0 fully saturated rings. The summed E-state index contributed by atoms with van der Waals surface area (Å²) in [4.78, 5) is 3.96. The Morgan fingerprint density at radius 3 is 2.93 bits per heavy atom. The van der Waals surface area contributed by atoms with Gasteiger partial charge in [-0.15, -0.1) is 12.4 Å². The molecule has 2 aromatic rings. The van der Waals surface area contributed by atoms with E-state index in [0.29, 0.717) is 16.4 Å². The molecule has 0 aliphatic rings. The van der Waals surface area contributed by atoms with E-state index in [1.165, 1.54) is 12.3 Å². The molecular formula is C8H8Cl2FN3. The third-order valence-electron chi connectivity index (χ3n) is 1.82. The van der Waals surface area contributed by atoms with Gasteiger partial charge in [0.15, 0.2) is 0 Å². The highest BCUT2D eigenvalue weighted by atomic mass is 35.5. The summed E-state index contributed by atoms with van der Waals surface area (Å²) < 4.78 is 14.8. The van der Waals surface area contributed by atoms with Gasteiger partial charge in [0.05, 0.1) is 17.8 Å². The standard InChI is InChI=1S/C8H7ClFN3.ClH/c9-5-1-6(10)7-3-12-8(2-11)13(7)4-5;/h1,3-4H,2,11H2;1H. The molecule has 0 saturated carbocycles. The number of nitrogens with two attached hydrogens (primary N) is 1. The van der Waals surface area contributed by atoms with Crippen molar-refractivity contribution in [2.75, 3.05) is 0 Å². The summed E-state index contributed by atoms with van der Waals surface area (Å²) >= 11 is 5.68. The highest BCUT2D eigenvalue weighted by Gasteiger charge is 2.06. The average Bonchev–Trinajstić information content (AvgIpc) is 2.47. The molecule has 0 spiro atoms. The van der Waals surface area contributed by atoms with Crippen LogP contribution < -0.4 is 5.73 Å². The molecule has 2 N–H and O–H groups in total.